The fraction of sp³-hybridized carbons (Fsp3) is 0.176. The molecule has 0 aliphatic carbocycles. The van der Waals surface area contributed by atoms with Crippen molar-refractivity contribution in [3.63, 3.8) is 0 Å². The van der Waals surface area contributed by atoms with Crippen LogP contribution in [0.25, 0.3) is 11.3 Å². The maximum atomic E-state index is 12.5. The first-order valence-corrected chi connectivity index (χ1v) is 8.33. The molecule has 10 heteroatoms. The molecule has 0 saturated heterocycles. The van der Waals surface area contributed by atoms with E-state index in [0.717, 1.165) is 0 Å². The second kappa shape index (κ2) is 8.88. The summed E-state index contributed by atoms with van der Waals surface area (Å²) in [6, 6.07) is 6.38. The molecular formula is C17H15Cl2F2N5O. The van der Waals surface area contributed by atoms with Gasteiger partial charge in [-0.1, -0.05) is 23.2 Å². The molecule has 0 atom stereocenters. The number of amides is 1. The summed E-state index contributed by atoms with van der Waals surface area (Å²) in [5.74, 6) is -0.939. The lowest BCUT2D eigenvalue weighted by molar-refractivity contribution is 0.0956. The van der Waals surface area contributed by atoms with Gasteiger partial charge in [-0.15, -0.1) is 0 Å². The van der Waals surface area contributed by atoms with E-state index < -0.39 is 12.5 Å². The van der Waals surface area contributed by atoms with Crippen LogP contribution in [0.5, 0.6) is 0 Å². The molecule has 142 valence electrons. The van der Waals surface area contributed by atoms with Gasteiger partial charge in [0.15, 0.2) is 0 Å². The van der Waals surface area contributed by atoms with Crippen molar-refractivity contribution in [2.75, 3.05) is 0 Å². The van der Waals surface area contributed by atoms with Gasteiger partial charge in [-0.2, -0.15) is 8.78 Å². The number of carbonyl (C=O) groups is 1. The van der Waals surface area contributed by atoms with Crippen LogP contribution in [-0.4, -0.2) is 28.1 Å². The predicted octanol–water partition coefficient (Wildman–Crippen LogP) is 4.05. The molecule has 1 heterocycles. The van der Waals surface area contributed by atoms with Crippen LogP contribution in [0.4, 0.5) is 8.78 Å². The van der Waals surface area contributed by atoms with Crippen LogP contribution < -0.4 is 11.1 Å². The molecule has 1 aromatic carbocycles. The number of nitrogens with one attached hydrogen (secondary N) is 1. The summed E-state index contributed by atoms with van der Waals surface area (Å²) in [6.45, 7) is -0.176. The van der Waals surface area contributed by atoms with Crippen LogP contribution in [0.1, 0.15) is 24.5 Å². The molecule has 0 bridgehead atoms. The van der Waals surface area contributed by atoms with Gasteiger partial charge < -0.3 is 11.1 Å². The number of halogens is 4. The summed E-state index contributed by atoms with van der Waals surface area (Å²) in [5, 5.41) is 3.25. The number of hydrogen-bond donors (Lipinski definition) is 2. The van der Waals surface area contributed by atoms with Gasteiger partial charge in [0.05, 0.1) is 22.1 Å². The maximum absolute atomic E-state index is 12.5. The molecule has 0 unspecified atom stereocenters. The van der Waals surface area contributed by atoms with Crippen LogP contribution in [0.15, 0.2) is 46.8 Å². The van der Waals surface area contributed by atoms with E-state index in [0.29, 0.717) is 21.3 Å². The SMILES string of the molecule is CC(=NC(F)F)C(NC(=O)c1nccc(-c2cc(Cl)ccc2Cl)n1)=C(C)N. The molecule has 0 radical (unpaired) electrons. The van der Waals surface area contributed by atoms with Crippen molar-refractivity contribution < 1.29 is 13.6 Å². The van der Waals surface area contributed by atoms with E-state index >= 15 is 0 Å². The van der Waals surface area contributed by atoms with Gasteiger partial charge in [0, 0.05) is 22.5 Å². The summed E-state index contributed by atoms with van der Waals surface area (Å²) < 4.78 is 24.9. The molecule has 0 aliphatic rings. The number of nitrogens with two attached hydrogens (primary N) is 1. The molecule has 0 spiro atoms. The zero-order chi connectivity index (χ0) is 20.1. The molecule has 0 saturated carbocycles. The molecular weight excluding hydrogens is 399 g/mol. The van der Waals surface area contributed by atoms with Gasteiger partial charge in [-0.25, -0.2) is 15.0 Å². The van der Waals surface area contributed by atoms with Crippen LogP contribution in [0.3, 0.4) is 0 Å². The van der Waals surface area contributed by atoms with Gasteiger partial charge >= 0.3 is 6.55 Å². The van der Waals surface area contributed by atoms with E-state index in [1.54, 1.807) is 24.3 Å². The number of allylic oxidation sites excluding steroid dienone is 2. The molecule has 1 aromatic heterocycles. The largest absolute Gasteiger partial charge is 0.401 e. The lowest BCUT2D eigenvalue weighted by Gasteiger charge is -2.12. The molecule has 0 fully saturated rings. The van der Waals surface area contributed by atoms with Crippen LogP contribution >= 0.6 is 23.2 Å². The fourth-order valence-corrected chi connectivity index (χ4v) is 2.55. The van der Waals surface area contributed by atoms with Crippen molar-refractivity contribution in [1.82, 2.24) is 15.3 Å². The highest BCUT2D eigenvalue weighted by Crippen LogP contribution is 2.29. The third kappa shape index (κ3) is 5.45. The normalized spacial score (nSPS) is 12.8. The van der Waals surface area contributed by atoms with Gasteiger partial charge in [-0.05, 0) is 38.1 Å². The Morgan fingerprint density at radius 2 is 1.96 bits per heavy atom. The Bertz CT molecular complexity index is 927. The highest BCUT2D eigenvalue weighted by atomic mass is 35.5. The first-order valence-electron chi connectivity index (χ1n) is 7.58. The van der Waals surface area contributed by atoms with Crippen molar-refractivity contribution >= 4 is 34.8 Å². The van der Waals surface area contributed by atoms with E-state index in [9.17, 15) is 13.6 Å². The average Bonchev–Trinajstić information content (AvgIpc) is 2.60. The lowest BCUT2D eigenvalue weighted by Crippen LogP contribution is -2.30. The minimum absolute atomic E-state index is 0.0323. The van der Waals surface area contributed by atoms with Gasteiger partial charge in [-0.3, -0.25) is 4.79 Å². The van der Waals surface area contributed by atoms with Gasteiger partial charge in [0.2, 0.25) is 5.82 Å². The summed E-state index contributed by atoms with van der Waals surface area (Å²) in [5.41, 5.74) is 6.51. The van der Waals surface area contributed by atoms with Crippen molar-refractivity contribution in [3.05, 3.63) is 57.7 Å². The molecule has 27 heavy (non-hydrogen) atoms. The van der Waals surface area contributed by atoms with Gasteiger partial charge in [0.1, 0.15) is 0 Å². The predicted molar refractivity (Wildman–Crippen MR) is 101 cm³/mol. The Labute approximate surface area is 164 Å². The van der Waals surface area contributed by atoms with Crippen LogP contribution in [0.2, 0.25) is 10.0 Å². The summed E-state index contributed by atoms with van der Waals surface area (Å²) in [4.78, 5) is 23.6. The number of carbonyl (C=O) groups excluding carboxylic acids is 1. The highest BCUT2D eigenvalue weighted by Gasteiger charge is 2.17. The Kier molecular flexibility index (Phi) is 6.81. The summed E-state index contributed by atoms with van der Waals surface area (Å²) >= 11 is 12.1. The number of benzene rings is 1. The Balaban J connectivity index is 2.35. The first kappa shape index (κ1) is 20.7. The smallest absolute Gasteiger partial charge is 0.332 e. The third-order valence-corrected chi connectivity index (χ3v) is 3.91. The first-order chi connectivity index (χ1) is 12.7. The van der Waals surface area contributed by atoms with Crippen molar-refractivity contribution in [1.29, 1.82) is 0 Å². The second-order valence-corrected chi connectivity index (χ2v) is 6.24. The average molecular weight is 414 g/mol. The summed E-state index contributed by atoms with van der Waals surface area (Å²) in [7, 11) is 0. The highest BCUT2D eigenvalue weighted by molar-refractivity contribution is 6.35. The van der Waals surface area contributed by atoms with E-state index in [1.165, 1.54) is 20.0 Å². The zero-order valence-electron chi connectivity index (χ0n) is 14.3. The molecule has 1 amide bonds. The molecule has 2 rings (SSSR count). The molecule has 0 aliphatic heterocycles. The quantitative estimate of drug-likeness (QED) is 0.570. The Morgan fingerprint density at radius 3 is 2.59 bits per heavy atom. The monoisotopic (exact) mass is 413 g/mol. The Morgan fingerprint density at radius 1 is 1.26 bits per heavy atom. The molecule has 2 aromatic rings. The standard InChI is InChI=1S/C17H15Cl2F2N5O/c1-8(22)14(9(2)24-17(20)21)26-16(27)15-23-6-5-13(25-15)11-7-10(18)3-4-12(11)19/h3-7,17H,22H2,1-2H3,(H,26,27). The molecule has 3 N–H and O–H groups in total. The van der Waals surface area contributed by atoms with Crippen LogP contribution in [-0.2, 0) is 0 Å². The fourth-order valence-electron chi connectivity index (χ4n) is 2.17. The maximum Gasteiger partial charge on any atom is 0.332 e. The van der Waals surface area contributed by atoms with Gasteiger partial charge in [0.25, 0.3) is 5.91 Å². The zero-order valence-corrected chi connectivity index (χ0v) is 15.8. The number of rotatable bonds is 5. The van der Waals surface area contributed by atoms with E-state index in [4.69, 9.17) is 28.9 Å². The van der Waals surface area contributed by atoms with E-state index in [-0.39, 0.29) is 22.9 Å². The molecule has 6 nitrogen and oxygen atoms in total. The number of aliphatic imine (C=N–C) groups is 1. The van der Waals surface area contributed by atoms with Crippen molar-refractivity contribution in [2.45, 2.75) is 20.4 Å². The minimum Gasteiger partial charge on any atom is -0.401 e. The van der Waals surface area contributed by atoms with Crippen molar-refractivity contribution in [3.8, 4) is 11.3 Å². The minimum atomic E-state index is -2.93. The number of alkyl halides is 2. The lowest BCUT2D eigenvalue weighted by atomic mass is 10.1. The van der Waals surface area contributed by atoms with Crippen molar-refractivity contribution in [2.24, 2.45) is 10.7 Å². The third-order valence-electron chi connectivity index (χ3n) is 3.35. The second-order valence-electron chi connectivity index (χ2n) is 5.39. The summed E-state index contributed by atoms with van der Waals surface area (Å²) in [6.07, 6.45) is 1.37. The van der Waals surface area contributed by atoms with E-state index in [1.807, 2.05) is 0 Å². The number of nitrogens with zero attached hydrogens (tertiary/aromatic N) is 3. The van der Waals surface area contributed by atoms with E-state index in [2.05, 4.69) is 20.3 Å². The Hall–Kier alpha value is -2.58. The number of aromatic nitrogens is 2. The van der Waals surface area contributed by atoms with Crippen LogP contribution in [0, 0.1) is 0 Å². The topological polar surface area (TPSA) is 93.3 Å². The number of hydrogen-bond acceptors (Lipinski definition) is 5.